The molecule has 1 aliphatic heterocycles. The summed E-state index contributed by atoms with van der Waals surface area (Å²) in [6, 6.07) is -0.271. The number of hydrogen-bond donors (Lipinski definition) is 3. The topological polar surface area (TPSA) is 87.7 Å². The van der Waals surface area contributed by atoms with E-state index in [2.05, 4.69) is 22.6 Å². The molecule has 6 nitrogen and oxygen atoms in total. The second-order valence-electron chi connectivity index (χ2n) is 3.95. The summed E-state index contributed by atoms with van der Waals surface area (Å²) in [5, 5.41) is 11.4. The number of carbonyl (C=O) groups excluding carboxylic acids is 1. The quantitative estimate of drug-likeness (QED) is 0.574. The molecule has 16 heavy (non-hydrogen) atoms. The second kappa shape index (κ2) is 6.44. The molecule has 0 radical (unpaired) electrons. The van der Waals surface area contributed by atoms with Gasteiger partial charge in [0.1, 0.15) is 0 Å². The highest BCUT2D eigenvalue weighted by atomic mass is 16.7. The number of piperidine rings is 1. The first-order valence-electron chi connectivity index (χ1n) is 5.50. The number of hydroxylamine groups is 1. The molecular weight excluding hydrogens is 212 g/mol. The van der Waals surface area contributed by atoms with Crippen molar-refractivity contribution in [3.8, 4) is 0 Å². The summed E-state index contributed by atoms with van der Waals surface area (Å²) in [5.74, 6) is -0.848. The maximum absolute atomic E-state index is 11.5. The van der Waals surface area contributed by atoms with Gasteiger partial charge in [-0.25, -0.2) is 10.3 Å². The Bertz CT molecular complexity index is 257. The van der Waals surface area contributed by atoms with Crippen LogP contribution in [-0.2, 0) is 14.4 Å². The summed E-state index contributed by atoms with van der Waals surface area (Å²) < 4.78 is 0. The van der Waals surface area contributed by atoms with Crippen molar-refractivity contribution in [2.24, 2.45) is 5.92 Å². The Morgan fingerprint density at radius 3 is 2.94 bits per heavy atom. The molecule has 1 saturated heterocycles. The van der Waals surface area contributed by atoms with Crippen LogP contribution in [0.25, 0.3) is 0 Å². The van der Waals surface area contributed by atoms with Crippen LogP contribution in [0.4, 0.5) is 0 Å². The molecule has 2 atom stereocenters. The zero-order valence-corrected chi connectivity index (χ0v) is 9.36. The number of nitrogens with one attached hydrogen (secondary N) is 2. The molecule has 1 rings (SSSR count). The minimum absolute atomic E-state index is 0.271. The van der Waals surface area contributed by atoms with Gasteiger partial charge in [-0.05, 0) is 25.3 Å². The van der Waals surface area contributed by atoms with Crippen molar-refractivity contribution in [2.75, 3.05) is 13.2 Å². The zero-order valence-electron chi connectivity index (χ0n) is 9.36. The van der Waals surface area contributed by atoms with E-state index in [0.717, 1.165) is 25.8 Å². The summed E-state index contributed by atoms with van der Waals surface area (Å²) in [6.45, 7) is 2.40. The van der Waals surface area contributed by atoms with Gasteiger partial charge in [0.15, 0.2) is 6.61 Å². The molecule has 0 aromatic carbocycles. The summed E-state index contributed by atoms with van der Waals surface area (Å²) >= 11 is 0. The van der Waals surface area contributed by atoms with E-state index in [0.29, 0.717) is 5.92 Å². The first-order chi connectivity index (χ1) is 7.63. The van der Waals surface area contributed by atoms with E-state index in [1.54, 1.807) is 0 Å². The molecule has 0 saturated carbocycles. The van der Waals surface area contributed by atoms with Crippen molar-refractivity contribution in [1.82, 2.24) is 10.8 Å². The summed E-state index contributed by atoms with van der Waals surface area (Å²) in [7, 11) is 0. The van der Waals surface area contributed by atoms with Crippen LogP contribution < -0.4 is 10.8 Å². The van der Waals surface area contributed by atoms with Gasteiger partial charge in [0.05, 0.1) is 6.04 Å². The van der Waals surface area contributed by atoms with Crippen LogP contribution in [0.15, 0.2) is 0 Å². The number of carboxylic acid groups (broad SMARTS) is 1. The lowest BCUT2D eigenvalue weighted by Gasteiger charge is -2.28. The molecule has 1 fully saturated rings. The lowest BCUT2D eigenvalue weighted by Crippen LogP contribution is -2.48. The fraction of sp³-hybridized carbons (Fsp3) is 0.800. The van der Waals surface area contributed by atoms with Gasteiger partial charge >= 0.3 is 5.97 Å². The fourth-order valence-electron chi connectivity index (χ4n) is 1.81. The van der Waals surface area contributed by atoms with E-state index in [9.17, 15) is 9.59 Å². The molecule has 3 N–H and O–H groups in total. The third-order valence-corrected chi connectivity index (χ3v) is 2.77. The largest absolute Gasteiger partial charge is 0.479 e. The Labute approximate surface area is 94.3 Å². The number of amides is 1. The minimum atomic E-state index is -1.11. The number of rotatable bonds is 5. The van der Waals surface area contributed by atoms with Gasteiger partial charge in [0, 0.05) is 0 Å². The highest BCUT2D eigenvalue weighted by Gasteiger charge is 2.25. The van der Waals surface area contributed by atoms with E-state index in [-0.39, 0.29) is 11.9 Å². The first-order valence-corrected chi connectivity index (χ1v) is 5.50. The third kappa shape index (κ3) is 4.16. The van der Waals surface area contributed by atoms with Crippen LogP contribution in [-0.4, -0.2) is 36.2 Å². The van der Waals surface area contributed by atoms with Gasteiger partial charge in [0.2, 0.25) is 0 Å². The normalized spacial score (nSPS) is 25.1. The van der Waals surface area contributed by atoms with Gasteiger partial charge in [-0.3, -0.25) is 9.63 Å². The molecule has 1 aliphatic rings. The Morgan fingerprint density at radius 1 is 1.56 bits per heavy atom. The summed E-state index contributed by atoms with van der Waals surface area (Å²) in [4.78, 5) is 26.3. The van der Waals surface area contributed by atoms with Crippen molar-refractivity contribution in [3.63, 3.8) is 0 Å². The molecule has 1 heterocycles. The lowest BCUT2D eigenvalue weighted by atomic mass is 9.90. The maximum atomic E-state index is 11.5. The van der Waals surface area contributed by atoms with Gasteiger partial charge in [-0.2, -0.15) is 0 Å². The highest BCUT2D eigenvalue weighted by molar-refractivity contribution is 5.81. The standard InChI is InChI=1S/C10H18N2O4/c1-2-7-3-4-11-8(5-7)10(15)12-16-6-9(13)14/h7-8,11H,2-6H2,1H3,(H,12,15)(H,13,14). The van der Waals surface area contributed by atoms with E-state index < -0.39 is 12.6 Å². The average Bonchev–Trinajstić information content (AvgIpc) is 2.28. The molecular formula is C10H18N2O4. The Hall–Kier alpha value is -1.14. The van der Waals surface area contributed by atoms with Crippen molar-refractivity contribution >= 4 is 11.9 Å². The van der Waals surface area contributed by atoms with Gasteiger partial charge in [-0.15, -0.1) is 0 Å². The molecule has 0 aliphatic carbocycles. The number of carbonyl (C=O) groups is 2. The number of aliphatic carboxylic acids is 1. The van der Waals surface area contributed by atoms with Crippen molar-refractivity contribution in [3.05, 3.63) is 0 Å². The number of hydrogen-bond acceptors (Lipinski definition) is 4. The Balaban J connectivity index is 2.27. The SMILES string of the molecule is CCC1CCNC(C(=O)NOCC(=O)O)C1. The monoisotopic (exact) mass is 230 g/mol. The van der Waals surface area contributed by atoms with E-state index >= 15 is 0 Å². The van der Waals surface area contributed by atoms with Gasteiger partial charge in [0.25, 0.3) is 5.91 Å². The zero-order chi connectivity index (χ0) is 12.0. The van der Waals surface area contributed by atoms with Crippen molar-refractivity contribution in [1.29, 1.82) is 0 Å². The van der Waals surface area contributed by atoms with E-state index in [4.69, 9.17) is 5.11 Å². The Kier molecular flexibility index (Phi) is 5.21. The minimum Gasteiger partial charge on any atom is -0.479 e. The molecule has 6 heteroatoms. The smallest absolute Gasteiger partial charge is 0.332 e. The van der Waals surface area contributed by atoms with Crippen LogP contribution >= 0.6 is 0 Å². The average molecular weight is 230 g/mol. The third-order valence-electron chi connectivity index (χ3n) is 2.77. The van der Waals surface area contributed by atoms with Crippen LogP contribution in [0.1, 0.15) is 26.2 Å². The molecule has 0 bridgehead atoms. The first kappa shape index (κ1) is 12.9. The fourth-order valence-corrected chi connectivity index (χ4v) is 1.81. The molecule has 1 amide bonds. The highest BCUT2D eigenvalue weighted by Crippen LogP contribution is 2.19. The maximum Gasteiger partial charge on any atom is 0.332 e. The second-order valence-corrected chi connectivity index (χ2v) is 3.95. The predicted molar refractivity (Wildman–Crippen MR) is 56.5 cm³/mol. The van der Waals surface area contributed by atoms with Crippen LogP contribution in [0, 0.1) is 5.92 Å². The molecule has 0 aromatic rings. The molecule has 2 unspecified atom stereocenters. The van der Waals surface area contributed by atoms with Crippen molar-refractivity contribution in [2.45, 2.75) is 32.2 Å². The molecule has 0 aromatic heterocycles. The number of carboxylic acids is 1. The van der Waals surface area contributed by atoms with Crippen LogP contribution in [0.2, 0.25) is 0 Å². The van der Waals surface area contributed by atoms with Gasteiger partial charge in [-0.1, -0.05) is 13.3 Å². The van der Waals surface area contributed by atoms with Crippen LogP contribution in [0.5, 0.6) is 0 Å². The lowest BCUT2D eigenvalue weighted by molar-refractivity contribution is -0.150. The van der Waals surface area contributed by atoms with Crippen molar-refractivity contribution < 1.29 is 19.5 Å². The molecule has 92 valence electrons. The Morgan fingerprint density at radius 2 is 2.31 bits per heavy atom. The van der Waals surface area contributed by atoms with Gasteiger partial charge < -0.3 is 10.4 Å². The predicted octanol–water partition coefficient (Wildman–Crippen LogP) is -0.103. The summed E-state index contributed by atoms with van der Waals surface area (Å²) in [5.41, 5.74) is 2.15. The molecule has 0 spiro atoms. The van der Waals surface area contributed by atoms with Crippen LogP contribution in [0.3, 0.4) is 0 Å². The summed E-state index contributed by atoms with van der Waals surface area (Å²) in [6.07, 6.45) is 2.91. The van der Waals surface area contributed by atoms with E-state index in [1.165, 1.54) is 0 Å². The van der Waals surface area contributed by atoms with E-state index in [1.807, 2.05) is 0 Å².